The molecule has 176 valence electrons. The molecule has 0 bridgehead atoms. The Kier molecular flexibility index (Phi) is 8.17. The standard InChI is InChI=1S/C16H30N2O4S.C2HF3O2/c1-13(2)17(3)9-14-8-16(22-10-14)11-18(6-7-21-12-16)23(19,20)15-4-5-15;3-2(4,5)1(6)7/h13-15H,4-12H2,1-3H3;(H,6,7). The van der Waals surface area contributed by atoms with Crippen LogP contribution in [0, 0.1) is 5.92 Å². The van der Waals surface area contributed by atoms with E-state index in [1.54, 1.807) is 4.31 Å². The molecule has 2 aliphatic heterocycles. The molecule has 1 saturated carbocycles. The van der Waals surface area contributed by atoms with Crippen LogP contribution in [0.1, 0.15) is 33.1 Å². The van der Waals surface area contributed by atoms with Gasteiger partial charge in [-0.1, -0.05) is 0 Å². The highest BCUT2D eigenvalue weighted by Crippen LogP contribution is 2.37. The lowest BCUT2D eigenvalue weighted by Crippen LogP contribution is -2.47. The van der Waals surface area contributed by atoms with Crippen LogP contribution in [0.25, 0.3) is 0 Å². The number of carboxylic acid groups (broad SMARTS) is 1. The first-order valence-corrected chi connectivity index (χ1v) is 11.5. The van der Waals surface area contributed by atoms with Crippen LogP contribution in [0.15, 0.2) is 0 Å². The Balaban J connectivity index is 0.000000396. The number of aliphatic carboxylic acids is 1. The minimum absolute atomic E-state index is 0.165. The largest absolute Gasteiger partial charge is 0.490 e. The monoisotopic (exact) mass is 460 g/mol. The van der Waals surface area contributed by atoms with Gasteiger partial charge in [0.25, 0.3) is 0 Å². The fourth-order valence-electron chi connectivity index (χ4n) is 3.55. The van der Waals surface area contributed by atoms with E-state index in [2.05, 4.69) is 25.8 Å². The Hall–Kier alpha value is -0.950. The Labute approximate surface area is 175 Å². The smallest absolute Gasteiger partial charge is 0.475 e. The molecule has 3 aliphatic rings. The third kappa shape index (κ3) is 6.78. The van der Waals surface area contributed by atoms with Crippen molar-refractivity contribution in [2.45, 2.75) is 56.2 Å². The van der Waals surface area contributed by atoms with Crippen molar-refractivity contribution in [2.75, 3.05) is 46.5 Å². The SMILES string of the molecule is CC(C)N(C)CC1COC2(COCCN(S(=O)(=O)C3CC3)C2)C1.O=C(O)C(F)(F)F. The second-order valence-electron chi connectivity index (χ2n) is 8.53. The third-order valence-corrected chi connectivity index (χ3v) is 7.92. The summed E-state index contributed by atoms with van der Waals surface area (Å²) in [7, 11) is -1.04. The first kappa shape index (κ1) is 25.3. The number of alkyl halides is 3. The molecule has 12 heteroatoms. The van der Waals surface area contributed by atoms with Gasteiger partial charge in [0.05, 0.1) is 25.1 Å². The van der Waals surface area contributed by atoms with Gasteiger partial charge in [0.2, 0.25) is 10.0 Å². The summed E-state index contributed by atoms with van der Waals surface area (Å²) in [6, 6.07) is 0.503. The summed E-state index contributed by atoms with van der Waals surface area (Å²) in [5.41, 5.74) is -0.457. The summed E-state index contributed by atoms with van der Waals surface area (Å²) in [5.74, 6) is -2.32. The van der Waals surface area contributed by atoms with Gasteiger partial charge in [0.1, 0.15) is 5.60 Å². The summed E-state index contributed by atoms with van der Waals surface area (Å²) < 4.78 is 70.4. The summed E-state index contributed by atoms with van der Waals surface area (Å²) >= 11 is 0. The van der Waals surface area contributed by atoms with Crippen molar-refractivity contribution in [3.8, 4) is 0 Å². The molecule has 0 radical (unpaired) electrons. The van der Waals surface area contributed by atoms with Crippen molar-refractivity contribution in [1.29, 1.82) is 0 Å². The maximum atomic E-state index is 12.6. The highest BCUT2D eigenvalue weighted by Gasteiger charge is 2.48. The fraction of sp³-hybridized carbons (Fsp3) is 0.944. The van der Waals surface area contributed by atoms with Gasteiger partial charge in [-0.2, -0.15) is 17.5 Å². The van der Waals surface area contributed by atoms with Gasteiger partial charge in [-0.3, -0.25) is 0 Å². The normalized spacial score (nSPS) is 28.5. The van der Waals surface area contributed by atoms with Gasteiger partial charge >= 0.3 is 12.1 Å². The van der Waals surface area contributed by atoms with Crippen LogP contribution in [-0.4, -0.2) is 98.3 Å². The average Bonchev–Trinajstić information content (AvgIpc) is 3.43. The molecule has 0 aromatic carbocycles. The first-order chi connectivity index (χ1) is 13.8. The zero-order chi connectivity index (χ0) is 22.7. The predicted molar refractivity (Wildman–Crippen MR) is 103 cm³/mol. The molecule has 3 rings (SSSR count). The number of sulfonamides is 1. The number of carbonyl (C=O) groups is 1. The van der Waals surface area contributed by atoms with Crippen LogP contribution in [-0.2, 0) is 24.3 Å². The molecule has 1 aliphatic carbocycles. The highest BCUT2D eigenvalue weighted by molar-refractivity contribution is 7.90. The van der Waals surface area contributed by atoms with E-state index in [1.807, 2.05) is 0 Å². The Morgan fingerprint density at radius 1 is 1.33 bits per heavy atom. The summed E-state index contributed by atoms with van der Waals surface area (Å²) in [6.45, 7) is 7.93. The van der Waals surface area contributed by atoms with Gasteiger partial charge < -0.3 is 19.5 Å². The lowest BCUT2D eigenvalue weighted by molar-refractivity contribution is -0.192. The number of rotatable bonds is 5. The zero-order valence-electron chi connectivity index (χ0n) is 17.5. The van der Waals surface area contributed by atoms with Gasteiger partial charge in [-0.15, -0.1) is 0 Å². The van der Waals surface area contributed by atoms with Crippen molar-refractivity contribution in [3.05, 3.63) is 0 Å². The van der Waals surface area contributed by atoms with Crippen LogP contribution in [0.4, 0.5) is 13.2 Å². The van der Waals surface area contributed by atoms with Crippen molar-refractivity contribution in [1.82, 2.24) is 9.21 Å². The predicted octanol–water partition coefficient (Wildman–Crippen LogP) is 1.56. The van der Waals surface area contributed by atoms with Gasteiger partial charge in [-0.05, 0) is 46.1 Å². The third-order valence-electron chi connectivity index (χ3n) is 5.58. The summed E-state index contributed by atoms with van der Waals surface area (Å²) in [5, 5.41) is 6.96. The average molecular weight is 461 g/mol. The minimum atomic E-state index is -5.08. The molecular formula is C18H31F3N2O6S. The van der Waals surface area contributed by atoms with Crippen molar-refractivity contribution in [2.24, 2.45) is 5.92 Å². The van der Waals surface area contributed by atoms with Crippen molar-refractivity contribution < 1.29 is 41.0 Å². The lowest BCUT2D eigenvalue weighted by atomic mass is 9.94. The second kappa shape index (κ2) is 9.68. The van der Waals surface area contributed by atoms with Gasteiger partial charge in [-0.25, -0.2) is 13.2 Å². The van der Waals surface area contributed by atoms with E-state index in [1.165, 1.54) is 0 Å². The number of hydrogen-bond acceptors (Lipinski definition) is 6. The topological polar surface area (TPSA) is 96.4 Å². The van der Waals surface area contributed by atoms with E-state index < -0.39 is 27.8 Å². The van der Waals surface area contributed by atoms with E-state index in [-0.39, 0.29) is 5.25 Å². The fourth-order valence-corrected chi connectivity index (χ4v) is 5.45. The van der Waals surface area contributed by atoms with Crippen molar-refractivity contribution >= 4 is 16.0 Å². The lowest BCUT2D eigenvalue weighted by Gasteiger charge is -2.31. The van der Waals surface area contributed by atoms with Crippen LogP contribution >= 0.6 is 0 Å². The number of nitrogens with zero attached hydrogens (tertiary/aromatic N) is 2. The molecule has 1 N–H and O–H groups in total. The molecule has 0 amide bonds. The van der Waals surface area contributed by atoms with E-state index in [4.69, 9.17) is 19.4 Å². The van der Waals surface area contributed by atoms with Crippen LogP contribution in [0.5, 0.6) is 0 Å². The Morgan fingerprint density at radius 2 is 1.93 bits per heavy atom. The van der Waals surface area contributed by atoms with Gasteiger partial charge in [0, 0.05) is 25.7 Å². The number of carboxylic acids is 1. The molecule has 8 nitrogen and oxygen atoms in total. The summed E-state index contributed by atoms with van der Waals surface area (Å²) in [6.07, 6.45) is -2.61. The molecule has 1 spiro atoms. The summed E-state index contributed by atoms with van der Waals surface area (Å²) in [4.78, 5) is 11.2. The Morgan fingerprint density at radius 3 is 2.43 bits per heavy atom. The van der Waals surface area contributed by atoms with Crippen LogP contribution < -0.4 is 0 Å². The molecule has 2 unspecified atom stereocenters. The van der Waals surface area contributed by atoms with E-state index >= 15 is 0 Å². The first-order valence-electron chi connectivity index (χ1n) is 9.98. The molecule has 2 heterocycles. The van der Waals surface area contributed by atoms with E-state index in [9.17, 15) is 21.6 Å². The molecule has 3 fully saturated rings. The number of halogens is 3. The molecular weight excluding hydrogens is 429 g/mol. The van der Waals surface area contributed by atoms with E-state index in [0.717, 1.165) is 25.8 Å². The number of ether oxygens (including phenoxy) is 2. The van der Waals surface area contributed by atoms with E-state index in [0.29, 0.717) is 44.9 Å². The molecule has 0 aromatic heterocycles. The van der Waals surface area contributed by atoms with Crippen molar-refractivity contribution in [3.63, 3.8) is 0 Å². The maximum Gasteiger partial charge on any atom is 0.490 e. The molecule has 2 atom stereocenters. The molecule has 2 saturated heterocycles. The molecule has 30 heavy (non-hydrogen) atoms. The Bertz CT molecular complexity index is 699. The van der Waals surface area contributed by atoms with Crippen LogP contribution in [0.3, 0.4) is 0 Å². The quantitative estimate of drug-likeness (QED) is 0.665. The maximum absolute atomic E-state index is 12.6. The highest BCUT2D eigenvalue weighted by atomic mass is 32.2. The molecule has 0 aromatic rings. The second-order valence-corrected chi connectivity index (χ2v) is 10.7. The number of hydrogen-bond donors (Lipinski definition) is 1. The van der Waals surface area contributed by atoms with Crippen LogP contribution in [0.2, 0.25) is 0 Å². The van der Waals surface area contributed by atoms with Gasteiger partial charge in [0.15, 0.2) is 0 Å². The minimum Gasteiger partial charge on any atom is -0.475 e. The zero-order valence-corrected chi connectivity index (χ0v) is 18.3.